The van der Waals surface area contributed by atoms with Crippen molar-refractivity contribution < 1.29 is 18.8 Å². The maximum atomic E-state index is 12.4. The van der Waals surface area contributed by atoms with E-state index in [2.05, 4.69) is 12.2 Å². The topological polar surface area (TPSA) is 51.4 Å². The monoisotopic (exact) mass is 299 g/mol. The molecule has 22 heavy (non-hydrogen) atoms. The molecule has 0 aliphatic carbocycles. The first-order valence-electron chi connectivity index (χ1n) is 7.37. The average Bonchev–Trinajstić information content (AvgIpc) is 3.02. The molecular weight excluding hydrogens is 280 g/mol. The molecule has 3 rings (SSSR count). The number of anilines is 1. The number of benzene rings is 1. The molecule has 114 valence electrons. The van der Waals surface area contributed by atoms with Crippen LogP contribution >= 0.6 is 0 Å². The Labute approximate surface area is 129 Å². The predicted molar refractivity (Wildman–Crippen MR) is 81.9 cm³/mol. The lowest BCUT2D eigenvalue weighted by Crippen LogP contribution is -2.44. The van der Waals surface area contributed by atoms with Gasteiger partial charge in [0.1, 0.15) is 0 Å². The Balaban J connectivity index is 1.70. The second kappa shape index (κ2) is 6.05. The van der Waals surface area contributed by atoms with Crippen molar-refractivity contribution in [3.05, 3.63) is 48.3 Å². The minimum atomic E-state index is -0.295. The predicted octanol–water partition coefficient (Wildman–Crippen LogP) is 2.46. The lowest BCUT2D eigenvalue weighted by atomic mass is 10.2. The first kappa shape index (κ1) is 14.4. The largest absolute Gasteiger partial charge is 0.454 e. The van der Waals surface area contributed by atoms with E-state index in [1.165, 1.54) is 5.56 Å². The summed E-state index contributed by atoms with van der Waals surface area (Å²) in [5.74, 6) is 1.29. The molecule has 1 N–H and O–H groups in total. The molecular formula is C17H19N2O3+. The number of aromatic nitrogens is 1. The molecule has 0 saturated heterocycles. The van der Waals surface area contributed by atoms with Crippen LogP contribution in [0.2, 0.25) is 0 Å². The second-order valence-corrected chi connectivity index (χ2v) is 5.24. The third-order valence-corrected chi connectivity index (χ3v) is 3.80. The van der Waals surface area contributed by atoms with Crippen molar-refractivity contribution >= 4 is 11.6 Å². The fourth-order valence-electron chi connectivity index (χ4n) is 2.32. The van der Waals surface area contributed by atoms with Gasteiger partial charge in [-0.15, -0.1) is 0 Å². The summed E-state index contributed by atoms with van der Waals surface area (Å²) < 4.78 is 12.5. The van der Waals surface area contributed by atoms with Crippen LogP contribution < -0.4 is 19.4 Å². The summed E-state index contributed by atoms with van der Waals surface area (Å²) in [5, 5.41) is 2.90. The van der Waals surface area contributed by atoms with E-state index in [1.54, 1.807) is 12.1 Å². The van der Waals surface area contributed by atoms with E-state index in [9.17, 15) is 4.79 Å². The molecule has 1 aliphatic rings. The van der Waals surface area contributed by atoms with Gasteiger partial charge in [-0.2, -0.15) is 4.57 Å². The zero-order valence-corrected chi connectivity index (χ0v) is 12.7. The van der Waals surface area contributed by atoms with Gasteiger partial charge in [-0.25, -0.2) is 0 Å². The molecule has 1 atom stereocenters. The van der Waals surface area contributed by atoms with Gasteiger partial charge in [-0.05, 0) is 24.1 Å². The fraction of sp³-hybridized carbons (Fsp3) is 0.294. The summed E-state index contributed by atoms with van der Waals surface area (Å²) >= 11 is 0. The van der Waals surface area contributed by atoms with E-state index in [0.29, 0.717) is 17.2 Å². The van der Waals surface area contributed by atoms with Gasteiger partial charge in [-0.1, -0.05) is 6.92 Å². The van der Waals surface area contributed by atoms with Gasteiger partial charge in [0, 0.05) is 30.8 Å². The lowest BCUT2D eigenvalue weighted by molar-refractivity contribution is -0.705. The summed E-state index contributed by atoms with van der Waals surface area (Å²) in [6.45, 7) is 4.20. The third-order valence-electron chi connectivity index (χ3n) is 3.80. The molecule has 5 nitrogen and oxygen atoms in total. The zero-order chi connectivity index (χ0) is 15.5. The quantitative estimate of drug-likeness (QED) is 0.882. The van der Waals surface area contributed by atoms with E-state index in [4.69, 9.17) is 9.47 Å². The number of nitrogens with one attached hydrogen (secondary N) is 1. The highest BCUT2D eigenvalue weighted by molar-refractivity contribution is 5.92. The minimum Gasteiger partial charge on any atom is -0.454 e. The maximum absolute atomic E-state index is 12.4. The number of carbonyl (C=O) groups excluding carboxylic acids is 1. The van der Waals surface area contributed by atoms with E-state index >= 15 is 0 Å². The van der Waals surface area contributed by atoms with Crippen LogP contribution in [0.1, 0.15) is 25.5 Å². The van der Waals surface area contributed by atoms with E-state index in [-0.39, 0.29) is 18.7 Å². The van der Waals surface area contributed by atoms with Crippen LogP contribution in [-0.2, 0) is 11.2 Å². The van der Waals surface area contributed by atoms with Crippen LogP contribution in [0.5, 0.6) is 11.5 Å². The molecule has 5 heteroatoms. The lowest BCUT2D eigenvalue weighted by Gasteiger charge is -2.09. The third kappa shape index (κ3) is 2.88. The molecule has 0 saturated carbocycles. The standard InChI is InChI=1S/C17H18N2O3/c1-3-13-6-8-19(9-7-13)12(2)17(20)18-14-4-5-15-16(10-14)22-11-21-15/h4-10,12H,3,11H2,1-2H3/p+1/t12-/m1/s1. The molecule has 2 aromatic rings. The molecule has 0 spiro atoms. The van der Waals surface area contributed by atoms with Crippen LogP contribution in [-0.4, -0.2) is 12.7 Å². The van der Waals surface area contributed by atoms with Gasteiger partial charge in [-0.3, -0.25) is 4.79 Å². The second-order valence-electron chi connectivity index (χ2n) is 5.24. The van der Waals surface area contributed by atoms with Crippen LogP contribution in [0.3, 0.4) is 0 Å². The molecule has 0 bridgehead atoms. The Morgan fingerprint density at radius 2 is 1.95 bits per heavy atom. The molecule has 0 unspecified atom stereocenters. The minimum absolute atomic E-state index is 0.0758. The Bertz CT molecular complexity index is 683. The highest BCUT2D eigenvalue weighted by Gasteiger charge is 2.22. The molecule has 0 radical (unpaired) electrons. The molecule has 0 fully saturated rings. The van der Waals surface area contributed by atoms with Crippen molar-refractivity contribution in [2.75, 3.05) is 12.1 Å². The van der Waals surface area contributed by atoms with E-state index in [0.717, 1.165) is 6.42 Å². The van der Waals surface area contributed by atoms with Gasteiger partial charge in [0.15, 0.2) is 23.9 Å². The van der Waals surface area contributed by atoms with Crippen molar-refractivity contribution in [1.82, 2.24) is 0 Å². The normalized spacial score (nSPS) is 13.7. The van der Waals surface area contributed by atoms with Crippen molar-refractivity contribution in [3.63, 3.8) is 0 Å². The number of ether oxygens (including phenoxy) is 2. The van der Waals surface area contributed by atoms with Gasteiger partial charge in [0.05, 0.1) is 0 Å². The smallest absolute Gasteiger partial charge is 0.293 e. The number of rotatable bonds is 4. The Morgan fingerprint density at radius 3 is 2.68 bits per heavy atom. The summed E-state index contributed by atoms with van der Waals surface area (Å²) in [7, 11) is 0. The van der Waals surface area contributed by atoms with Crippen LogP contribution in [0.25, 0.3) is 0 Å². The number of hydrogen-bond donors (Lipinski definition) is 1. The number of hydrogen-bond acceptors (Lipinski definition) is 3. The molecule has 1 aromatic carbocycles. The highest BCUT2D eigenvalue weighted by atomic mass is 16.7. The first-order valence-corrected chi connectivity index (χ1v) is 7.37. The summed E-state index contributed by atoms with van der Waals surface area (Å²) in [4.78, 5) is 12.4. The maximum Gasteiger partial charge on any atom is 0.293 e. The highest BCUT2D eigenvalue weighted by Crippen LogP contribution is 2.34. The van der Waals surface area contributed by atoms with Crippen LogP contribution in [0.15, 0.2) is 42.7 Å². The van der Waals surface area contributed by atoms with Gasteiger partial charge in [0.25, 0.3) is 5.91 Å². The first-order chi connectivity index (χ1) is 10.7. The molecule has 2 heterocycles. The number of fused-ring (bicyclic) bond motifs is 1. The number of pyridine rings is 1. The van der Waals surface area contributed by atoms with Gasteiger partial charge in [0.2, 0.25) is 12.8 Å². The number of aryl methyl sites for hydroxylation is 1. The van der Waals surface area contributed by atoms with Crippen molar-refractivity contribution in [2.45, 2.75) is 26.3 Å². The van der Waals surface area contributed by atoms with Crippen molar-refractivity contribution in [1.29, 1.82) is 0 Å². The number of nitrogens with zero attached hydrogens (tertiary/aromatic N) is 1. The van der Waals surface area contributed by atoms with Crippen LogP contribution in [0, 0.1) is 0 Å². The van der Waals surface area contributed by atoms with Gasteiger partial charge >= 0.3 is 0 Å². The zero-order valence-electron chi connectivity index (χ0n) is 12.7. The van der Waals surface area contributed by atoms with E-state index in [1.807, 2.05) is 42.1 Å². The van der Waals surface area contributed by atoms with Crippen molar-refractivity contribution in [3.8, 4) is 11.5 Å². The molecule has 1 aromatic heterocycles. The van der Waals surface area contributed by atoms with Crippen molar-refractivity contribution in [2.24, 2.45) is 0 Å². The summed E-state index contributed by atoms with van der Waals surface area (Å²) in [6.07, 6.45) is 4.85. The Morgan fingerprint density at radius 1 is 1.23 bits per heavy atom. The number of amides is 1. The molecule has 1 amide bonds. The van der Waals surface area contributed by atoms with Crippen LogP contribution in [0.4, 0.5) is 5.69 Å². The summed E-state index contributed by atoms with van der Waals surface area (Å²) in [5.41, 5.74) is 1.95. The summed E-state index contributed by atoms with van der Waals surface area (Å²) in [6, 6.07) is 9.15. The average molecular weight is 299 g/mol. The Hall–Kier alpha value is -2.56. The van der Waals surface area contributed by atoms with Gasteiger partial charge < -0.3 is 14.8 Å². The SMILES string of the molecule is CCc1cc[n+]([C@H](C)C(=O)Nc2ccc3c(c2)OCO3)cc1. The fourth-order valence-corrected chi connectivity index (χ4v) is 2.32. The molecule has 1 aliphatic heterocycles. The van der Waals surface area contributed by atoms with E-state index < -0.39 is 0 Å². The Kier molecular flexibility index (Phi) is 3.96. The number of carbonyl (C=O) groups is 1.